The molecule has 30 heavy (non-hydrogen) atoms. The minimum absolute atomic E-state index is 0.139. The van der Waals surface area contributed by atoms with Gasteiger partial charge in [0.05, 0.1) is 11.4 Å². The normalized spacial score (nSPS) is 11.1. The molecule has 0 aliphatic carbocycles. The molecule has 0 spiro atoms. The standard InChI is InChI=1S/C24H17FN2O3/c25-19-9-4-16(5-10-19)6-13-23(29)18-2-1-3-20(14-18)27-15-22(26-24(27)30)17-7-11-21(28)12-8-17/h1-15,28H,(H,26,30)/b13-6+. The maximum Gasteiger partial charge on any atom is 0.330 e. The zero-order valence-electron chi connectivity index (χ0n) is 15.7. The van der Waals surface area contributed by atoms with Gasteiger partial charge in [0.2, 0.25) is 0 Å². The molecule has 3 aromatic carbocycles. The predicted molar refractivity (Wildman–Crippen MR) is 113 cm³/mol. The number of hydrogen-bond donors (Lipinski definition) is 2. The first kappa shape index (κ1) is 19.1. The Labute approximate surface area is 171 Å². The molecule has 0 atom stereocenters. The zero-order valence-corrected chi connectivity index (χ0v) is 15.7. The Morgan fingerprint density at radius 1 is 1.00 bits per heavy atom. The van der Waals surface area contributed by atoms with E-state index in [1.54, 1.807) is 60.8 Å². The van der Waals surface area contributed by atoms with E-state index >= 15 is 0 Å². The van der Waals surface area contributed by atoms with Gasteiger partial charge in [0, 0.05) is 11.8 Å². The highest BCUT2D eigenvalue weighted by molar-refractivity contribution is 6.07. The Kier molecular flexibility index (Phi) is 5.13. The molecule has 0 fully saturated rings. The predicted octanol–water partition coefficient (Wildman–Crippen LogP) is 4.57. The van der Waals surface area contributed by atoms with E-state index < -0.39 is 0 Å². The van der Waals surface area contributed by atoms with Crippen LogP contribution in [-0.2, 0) is 0 Å². The van der Waals surface area contributed by atoms with Gasteiger partial charge in [-0.25, -0.2) is 9.18 Å². The van der Waals surface area contributed by atoms with Gasteiger partial charge < -0.3 is 10.1 Å². The number of benzene rings is 3. The van der Waals surface area contributed by atoms with E-state index in [0.717, 1.165) is 5.56 Å². The molecule has 5 nitrogen and oxygen atoms in total. The molecule has 6 heteroatoms. The Bertz CT molecular complexity index is 1280. The van der Waals surface area contributed by atoms with Crippen LogP contribution in [0.3, 0.4) is 0 Å². The highest BCUT2D eigenvalue weighted by Crippen LogP contribution is 2.20. The molecule has 0 radical (unpaired) electrons. The van der Waals surface area contributed by atoms with Crippen LogP contribution in [0.25, 0.3) is 23.0 Å². The van der Waals surface area contributed by atoms with Crippen LogP contribution in [0.5, 0.6) is 5.75 Å². The number of carbonyl (C=O) groups is 1. The van der Waals surface area contributed by atoms with Crippen molar-refractivity contribution in [3.63, 3.8) is 0 Å². The maximum absolute atomic E-state index is 13.0. The highest BCUT2D eigenvalue weighted by atomic mass is 19.1. The number of phenolic OH excluding ortho intramolecular Hbond substituents is 1. The summed E-state index contributed by atoms with van der Waals surface area (Å²) >= 11 is 0. The van der Waals surface area contributed by atoms with E-state index in [4.69, 9.17) is 0 Å². The average molecular weight is 400 g/mol. The lowest BCUT2D eigenvalue weighted by molar-refractivity contribution is 0.104. The molecule has 0 aliphatic rings. The van der Waals surface area contributed by atoms with Crippen molar-refractivity contribution in [1.29, 1.82) is 0 Å². The molecule has 2 N–H and O–H groups in total. The molecular weight excluding hydrogens is 383 g/mol. The van der Waals surface area contributed by atoms with E-state index in [1.165, 1.54) is 34.9 Å². The van der Waals surface area contributed by atoms with Gasteiger partial charge >= 0.3 is 5.69 Å². The fourth-order valence-electron chi connectivity index (χ4n) is 3.03. The number of allylic oxidation sites excluding steroid dienone is 1. The van der Waals surface area contributed by atoms with Crippen LogP contribution in [-0.4, -0.2) is 20.4 Å². The SMILES string of the molecule is O=C(/C=C/c1ccc(F)cc1)c1cccc(-n2cc(-c3ccc(O)cc3)[nH]c2=O)c1. The smallest absolute Gasteiger partial charge is 0.330 e. The molecule has 1 aromatic heterocycles. The summed E-state index contributed by atoms with van der Waals surface area (Å²) in [6.45, 7) is 0. The zero-order chi connectivity index (χ0) is 21.1. The van der Waals surface area contributed by atoms with Gasteiger partial charge in [0.15, 0.2) is 5.78 Å². The third-order valence-electron chi connectivity index (χ3n) is 4.60. The molecule has 0 amide bonds. The maximum atomic E-state index is 13.0. The topological polar surface area (TPSA) is 75.1 Å². The van der Waals surface area contributed by atoms with E-state index in [2.05, 4.69) is 4.98 Å². The van der Waals surface area contributed by atoms with E-state index in [1.807, 2.05) is 0 Å². The summed E-state index contributed by atoms with van der Waals surface area (Å²) in [6, 6.07) is 19.0. The second kappa shape index (κ2) is 8.05. The van der Waals surface area contributed by atoms with E-state index in [-0.39, 0.29) is 23.0 Å². The van der Waals surface area contributed by atoms with Crippen LogP contribution < -0.4 is 5.69 Å². The van der Waals surface area contributed by atoms with Gasteiger partial charge in [-0.1, -0.05) is 30.3 Å². The first-order valence-corrected chi connectivity index (χ1v) is 9.19. The van der Waals surface area contributed by atoms with Crippen molar-refractivity contribution in [1.82, 2.24) is 9.55 Å². The Hall–Kier alpha value is -4.19. The number of aromatic hydroxyl groups is 1. The molecule has 0 unspecified atom stereocenters. The van der Waals surface area contributed by atoms with Crippen LogP contribution in [0, 0.1) is 5.82 Å². The summed E-state index contributed by atoms with van der Waals surface area (Å²) in [5, 5.41) is 9.42. The van der Waals surface area contributed by atoms with E-state index in [9.17, 15) is 19.1 Å². The molecule has 4 aromatic rings. The summed E-state index contributed by atoms with van der Waals surface area (Å²) in [5.41, 5.74) is 2.67. The number of rotatable bonds is 5. The third kappa shape index (κ3) is 4.12. The van der Waals surface area contributed by atoms with Gasteiger partial charge in [0.1, 0.15) is 11.6 Å². The van der Waals surface area contributed by atoms with Crippen molar-refractivity contribution >= 4 is 11.9 Å². The average Bonchev–Trinajstić information content (AvgIpc) is 3.15. The number of imidazole rings is 1. The fraction of sp³-hybridized carbons (Fsp3) is 0. The summed E-state index contributed by atoms with van der Waals surface area (Å²) < 4.78 is 14.4. The highest BCUT2D eigenvalue weighted by Gasteiger charge is 2.09. The molecule has 1 heterocycles. The van der Waals surface area contributed by atoms with Crippen molar-refractivity contribution in [3.05, 3.63) is 112 Å². The van der Waals surface area contributed by atoms with Crippen LogP contribution in [0.4, 0.5) is 4.39 Å². The lowest BCUT2D eigenvalue weighted by atomic mass is 10.1. The number of phenols is 1. The van der Waals surface area contributed by atoms with E-state index in [0.29, 0.717) is 22.5 Å². The second-order valence-corrected chi connectivity index (χ2v) is 6.69. The van der Waals surface area contributed by atoms with Crippen molar-refractivity contribution in [2.75, 3.05) is 0 Å². The number of aromatic amines is 1. The molecule has 4 rings (SSSR count). The van der Waals surface area contributed by atoms with Gasteiger partial charge in [-0.15, -0.1) is 0 Å². The third-order valence-corrected chi connectivity index (χ3v) is 4.60. The molecule has 0 bridgehead atoms. The quantitative estimate of drug-likeness (QED) is 0.381. The summed E-state index contributed by atoms with van der Waals surface area (Å²) in [7, 11) is 0. The van der Waals surface area contributed by atoms with Gasteiger partial charge in [0.25, 0.3) is 0 Å². The van der Waals surface area contributed by atoms with Crippen molar-refractivity contribution in [2.45, 2.75) is 0 Å². The number of nitrogens with one attached hydrogen (secondary N) is 1. The fourth-order valence-corrected chi connectivity index (χ4v) is 3.03. The van der Waals surface area contributed by atoms with Gasteiger partial charge in [-0.05, 0) is 65.7 Å². The van der Waals surface area contributed by atoms with Crippen LogP contribution in [0.2, 0.25) is 0 Å². The molecule has 0 saturated heterocycles. The first-order valence-electron chi connectivity index (χ1n) is 9.19. The largest absolute Gasteiger partial charge is 0.508 e. The first-order chi connectivity index (χ1) is 14.5. The molecular formula is C24H17FN2O3. The summed E-state index contributed by atoms with van der Waals surface area (Å²) in [4.78, 5) is 27.7. The summed E-state index contributed by atoms with van der Waals surface area (Å²) in [6.07, 6.45) is 4.67. The Morgan fingerprint density at radius 2 is 1.73 bits per heavy atom. The van der Waals surface area contributed by atoms with Gasteiger partial charge in [-0.2, -0.15) is 0 Å². The number of halogens is 1. The minimum atomic E-state index is -0.343. The van der Waals surface area contributed by atoms with Crippen LogP contribution >= 0.6 is 0 Å². The number of hydrogen-bond acceptors (Lipinski definition) is 3. The van der Waals surface area contributed by atoms with Crippen LogP contribution in [0.1, 0.15) is 15.9 Å². The lowest BCUT2D eigenvalue weighted by Gasteiger charge is -2.03. The molecule has 0 aliphatic heterocycles. The number of nitrogens with zero attached hydrogens (tertiary/aromatic N) is 1. The Morgan fingerprint density at radius 3 is 2.47 bits per heavy atom. The number of H-pyrrole nitrogens is 1. The lowest BCUT2D eigenvalue weighted by Crippen LogP contribution is -2.14. The molecule has 0 saturated carbocycles. The number of aromatic nitrogens is 2. The second-order valence-electron chi connectivity index (χ2n) is 6.69. The van der Waals surface area contributed by atoms with Crippen molar-refractivity contribution in [2.24, 2.45) is 0 Å². The Balaban J connectivity index is 1.60. The van der Waals surface area contributed by atoms with Gasteiger partial charge in [-0.3, -0.25) is 9.36 Å². The molecule has 148 valence electrons. The number of carbonyl (C=O) groups excluding carboxylic acids is 1. The number of ketones is 1. The summed E-state index contributed by atoms with van der Waals surface area (Å²) in [5.74, 6) is -0.432. The van der Waals surface area contributed by atoms with Crippen molar-refractivity contribution < 1.29 is 14.3 Å². The minimum Gasteiger partial charge on any atom is -0.508 e. The monoisotopic (exact) mass is 400 g/mol. The van der Waals surface area contributed by atoms with Crippen LogP contribution in [0.15, 0.2) is 89.9 Å². The van der Waals surface area contributed by atoms with Crippen molar-refractivity contribution in [3.8, 4) is 22.7 Å².